The number of aliphatic carboxylic acids is 1. The largest absolute Gasteiger partial charge is 0.494 e. The molecule has 0 spiro atoms. The third-order valence-electron chi connectivity index (χ3n) is 7.13. The first kappa shape index (κ1) is 25.7. The van der Waals surface area contributed by atoms with Crippen molar-refractivity contribution in [1.82, 2.24) is 4.90 Å². The van der Waals surface area contributed by atoms with Gasteiger partial charge >= 0.3 is 12.1 Å². The van der Waals surface area contributed by atoms with Crippen molar-refractivity contribution in [3.05, 3.63) is 64.7 Å². The average Bonchev–Trinajstić information content (AvgIpc) is 2.86. The number of carbonyl (C=O) groups is 3. The molecule has 1 N–H and O–H groups in total. The van der Waals surface area contributed by atoms with Crippen LogP contribution in [0.1, 0.15) is 61.3 Å². The summed E-state index contributed by atoms with van der Waals surface area (Å²) in [7, 11) is 0. The minimum Gasteiger partial charge on any atom is -0.494 e. The summed E-state index contributed by atoms with van der Waals surface area (Å²) in [6.45, 7) is 3.58. The third kappa shape index (κ3) is 6.86. The molecule has 4 rings (SSSR count). The molecule has 7 nitrogen and oxygen atoms in total. The van der Waals surface area contributed by atoms with E-state index in [4.69, 9.17) is 14.6 Å². The quantitative estimate of drug-likeness (QED) is 0.530. The fourth-order valence-electron chi connectivity index (χ4n) is 5.24. The minimum absolute atomic E-state index is 0.134. The maximum atomic E-state index is 12.8. The number of rotatable bonds is 9. The van der Waals surface area contributed by atoms with Crippen LogP contribution in [0, 0.1) is 5.92 Å². The van der Waals surface area contributed by atoms with Gasteiger partial charge in [-0.15, -0.1) is 0 Å². The number of benzene rings is 2. The maximum absolute atomic E-state index is 12.8. The van der Waals surface area contributed by atoms with Crippen LogP contribution in [0.4, 0.5) is 4.79 Å². The molecule has 0 unspecified atom stereocenters. The average molecular weight is 494 g/mol. The Hall–Kier alpha value is -3.35. The number of carbonyl (C=O) groups excluding carboxylic acids is 2. The summed E-state index contributed by atoms with van der Waals surface area (Å²) < 4.78 is 11.4. The van der Waals surface area contributed by atoms with Gasteiger partial charge in [-0.1, -0.05) is 36.4 Å². The lowest BCUT2D eigenvalue weighted by molar-refractivity contribution is -0.138. The van der Waals surface area contributed by atoms with E-state index < -0.39 is 5.97 Å². The maximum Gasteiger partial charge on any atom is 0.410 e. The molecular formula is C29H35NO6. The molecule has 1 heterocycles. The van der Waals surface area contributed by atoms with Crippen LogP contribution in [0.25, 0.3) is 0 Å². The van der Waals surface area contributed by atoms with E-state index in [0.717, 1.165) is 54.5 Å². The van der Waals surface area contributed by atoms with Crippen molar-refractivity contribution < 1.29 is 29.0 Å². The van der Waals surface area contributed by atoms with Gasteiger partial charge in [0.15, 0.2) is 0 Å². The summed E-state index contributed by atoms with van der Waals surface area (Å²) in [5.41, 5.74) is 4.16. The number of para-hydroxylation sites is 1. The van der Waals surface area contributed by atoms with Gasteiger partial charge in [0.25, 0.3) is 0 Å². The first-order chi connectivity index (χ1) is 17.4. The number of ether oxygens (including phenoxy) is 2. The second-order valence-corrected chi connectivity index (χ2v) is 9.83. The molecule has 0 atom stereocenters. The monoisotopic (exact) mass is 493 g/mol. The van der Waals surface area contributed by atoms with Crippen LogP contribution in [0.3, 0.4) is 0 Å². The topological polar surface area (TPSA) is 93.1 Å². The lowest BCUT2D eigenvalue weighted by Gasteiger charge is -2.32. The van der Waals surface area contributed by atoms with E-state index in [-0.39, 0.29) is 30.3 Å². The molecule has 36 heavy (non-hydrogen) atoms. The van der Waals surface area contributed by atoms with Gasteiger partial charge in [-0.05, 0) is 67.7 Å². The highest BCUT2D eigenvalue weighted by Gasteiger charge is 2.28. The highest BCUT2D eigenvalue weighted by Crippen LogP contribution is 2.30. The Kier molecular flexibility index (Phi) is 8.62. The molecule has 1 amide bonds. The van der Waals surface area contributed by atoms with Crippen LogP contribution >= 0.6 is 0 Å². The molecule has 1 aliphatic carbocycles. The Labute approximate surface area is 212 Å². The van der Waals surface area contributed by atoms with Gasteiger partial charge in [0.2, 0.25) is 0 Å². The Morgan fingerprint density at radius 3 is 2.53 bits per heavy atom. The normalized spacial score (nSPS) is 19.3. The summed E-state index contributed by atoms with van der Waals surface area (Å²) in [4.78, 5) is 38.1. The zero-order chi connectivity index (χ0) is 25.5. The summed E-state index contributed by atoms with van der Waals surface area (Å²) >= 11 is 0. The van der Waals surface area contributed by atoms with E-state index >= 15 is 0 Å². The standard InChI is InChI=1S/C29H35NO6/c1-2-35-27-6-4-3-5-23(27)18-25(31)16-21-7-10-24-19-30(14-13-22(24)15-21)29(34)36-26-11-8-20(9-12-26)17-28(32)33/h3-7,10,15,20,26H,2,8-9,11-14,16-19H2,1H3,(H,32,33). The fraction of sp³-hybridized carbons (Fsp3) is 0.483. The highest BCUT2D eigenvalue weighted by molar-refractivity contribution is 5.83. The van der Waals surface area contributed by atoms with E-state index in [2.05, 4.69) is 6.07 Å². The molecular weight excluding hydrogens is 458 g/mol. The summed E-state index contributed by atoms with van der Waals surface area (Å²) in [5.74, 6) is 0.321. The SMILES string of the molecule is CCOc1ccccc1CC(=O)Cc1ccc2c(c1)CCN(C(=O)OC1CCC(CC(=O)O)CC1)C2. The Morgan fingerprint density at radius 1 is 1.00 bits per heavy atom. The van der Waals surface area contributed by atoms with Crippen molar-refractivity contribution in [2.24, 2.45) is 5.92 Å². The van der Waals surface area contributed by atoms with Crippen molar-refractivity contribution >= 4 is 17.8 Å². The van der Waals surface area contributed by atoms with Gasteiger partial charge < -0.3 is 19.5 Å². The number of ketones is 1. The number of hydrogen-bond acceptors (Lipinski definition) is 5. The van der Waals surface area contributed by atoms with Gasteiger partial charge in [0.05, 0.1) is 6.61 Å². The number of amides is 1. The predicted molar refractivity (Wildman–Crippen MR) is 135 cm³/mol. The van der Waals surface area contributed by atoms with Gasteiger partial charge in [-0.3, -0.25) is 9.59 Å². The van der Waals surface area contributed by atoms with Crippen LogP contribution in [-0.2, 0) is 40.1 Å². The van der Waals surface area contributed by atoms with Crippen LogP contribution in [0.2, 0.25) is 0 Å². The molecule has 2 aromatic rings. The predicted octanol–water partition coefficient (Wildman–Crippen LogP) is 4.97. The molecule has 1 fully saturated rings. The van der Waals surface area contributed by atoms with E-state index in [9.17, 15) is 14.4 Å². The zero-order valence-electron chi connectivity index (χ0n) is 20.9. The molecule has 0 bridgehead atoms. The summed E-state index contributed by atoms with van der Waals surface area (Å²) in [6.07, 6.45) is 4.20. The van der Waals surface area contributed by atoms with E-state index in [1.165, 1.54) is 5.56 Å². The van der Waals surface area contributed by atoms with Gasteiger partial charge in [0.1, 0.15) is 17.6 Å². The molecule has 2 aliphatic rings. The first-order valence-corrected chi connectivity index (χ1v) is 12.9. The highest BCUT2D eigenvalue weighted by atomic mass is 16.6. The van der Waals surface area contributed by atoms with Crippen LogP contribution in [0.15, 0.2) is 42.5 Å². The first-order valence-electron chi connectivity index (χ1n) is 12.9. The molecule has 0 aromatic heterocycles. The number of Topliss-reactive ketones (excluding diaryl/α,β-unsaturated/α-hetero) is 1. The number of fused-ring (bicyclic) bond motifs is 1. The minimum atomic E-state index is -0.762. The molecule has 7 heteroatoms. The van der Waals surface area contributed by atoms with Crippen LogP contribution in [-0.4, -0.2) is 47.1 Å². The van der Waals surface area contributed by atoms with E-state index in [1.54, 1.807) is 4.90 Å². The number of carboxylic acids is 1. The van der Waals surface area contributed by atoms with Crippen molar-refractivity contribution in [2.45, 2.75) is 70.9 Å². The second kappa shape index (κ2) is 12.1. The molecule has 2 aromatic carbocycles. The van der Waals surface area contributed by atoms with Crippen LogP contribution < -0.4 is 4.74 Å². The third-order valence-corrected chi connectivity index (χ3v) is 7.13. The molecule has 1 saturated carbocycles. The van der Waals surface area contributed by atoms with Crippen molar-refractivity contribution in [1.29, 1.82) is 0 Å². The second-order valence-electron chi connectivity index (χ2n) is 9.83. The smallest absolute Gasteiger partial charge is 0.410 e. The number of hydrogen-bond donors (Lipinski definition) is 1. The summed E-state index contributed by atoms with van der Waals surface area (Å²) in [5, 5.41) is 8.96. The number of nitrogens with zero attached hydrogens (tertiary/aromatic N) is 1. The Morgan fingerprint density at radius 2 is 1.78 bits per heavy atom. The van der Waals surface area contributed by atoms with Crippen molar-refractivity contribution in [2.75, 3.05) is 13.2 Å². The molecule has 1 aliphatic heterocycles. The van der Waals surface area contributed by atoms with E-state index in [0.29, 0.717) is 32.5 Å². The molecule has 192 valence electrons. The zero-order valence-corrected chi connectivity index (χ0v) is 20.9. The lowest BCUT2D eigenvalue weighted by atomic mass is 9.85. The molecule has 0 saturated heterocycles. The summed E-state index contributed by atoms with van der Waals surface area (Å²) in [6, 6.07) is 13.7. The lowest BCUT2D eigenvalue weighted by Crippen LogP contribution is -2.39. The van der Waals surface area contributed by atoms with Gasteiger partial charge in [0, 0.05) is 37.9 Å². The van der Waals surface area contributed by atoms with Crippen molar-refractivity contribution in [3.8, 4) is 5.75 Å². The van der Waals surface area contributed by atoms with Gasteiger partial charge in [-0.25, -0.2) is 4.79 Å². The Bertz CT molecular complexity index is 1090. The van der Waals surface area contributed by atoms with Crippen molar-refractivity contribution in [3.63, 3.8) is 0 Å². The van der Waals surface area contributed by atoms with E-state index in [1.807, 2.05) is 43.3 Å². The fourth-order valence-corrected chi connectivity index (χ4v) is 5.24. The number of carboxylic acid groups (broad SMARTS) is 1. The molecule has 0 radical (unpaired) electrons. The van der Waals surface area contributed by atoms with Gasteiger partial charge in [-0.2, -0.15) is 0 Å². The Balaban J connectivity index is 1.28. The van der Waals surface area contributed by atoms with Crippen LogP contribution in [0.5, 0.6) is 5.75 Å².